The molecule has 0 aliphatic carbocycles. The minimum absolute atomic E-state index is 0.111. The maximum atomic E-state index is 12.4. The van der Waals surface area contributed by atoms with Crippen LogP contribution in [-0.4, -0.2) is 31.8 Å². The van der Waals surface area contributed by atoms with E-state index in [-0.39, 0.29) is 17.8 Å². The molecule has 1 aromatic carbocycles. The van der Waals surface area contributed by atoms with E-state index in [0.717, 1.165) is 22.3 Å². The van der Waals surface area contributed by atoms with E-state index in [0.29, 0.717) is 6.54 Å². The molecule has 1 saturated heterocycles. The van der Waals surface area contributed by atoms with E-state index in [4.69, 9.17) is 9.47 Å². The molecule has 1 fully saturated rings. The number of benzene rings is 1. The first-order valence-corrected chi connectivity index (χ1v) is 7.88. The largest absolute Gasteiger partial charge is 0.497 e. The molecule has 0 amide bonds. The van der Waals surface area contributed by atoms with Gasteiger partial charge in [-0.05, 0) is 38.5 Å². The van der Waals surface area contributed by atoms with Gasteiger partial charge >= 0.3 is 5.97 Å². The van der Waals surface area contributed by atoms with E-state index in [1.807, 2.05) is 39.0 Å². The molecule has 1 heterocycles. The average Bonchev–Trinajstić information content (AvgIpc) is 2.85. The van der Waals surface area contributed by atoms with Crippen LogP contribution in [0.2, 0.25) is 0 Å². The fourth-order valence-corrected chi connectivity index (χ4v) is 3.22. The van der Waals surface area contributed by atoms with Crippen molar-refractivity contribution in [3.63, 3.8) is 0 Å². The fourth-order valence-electron chi connectivity index (χ4n) is 2.57. The lowest BCUT2D eigenvalue weighted by Crippen LogP contribution is -2.31. The predicted octanol–water partition coefficient (Wildman–Crippen LogP) is 3.10. The zero-order chi connectivity index (χ0) is 15.6. The first-order valence-electron chi connectivity index (χ1n) is 7.09. The summed E-state index contributed by atoms with van der Waals surface area (Å²) in [5.41, 5.74) is 0.651. The number of halogens is 1. The molecule has 2 atom stereocenters. The summed E-state index contributed by atoms with van der Waals surface area (Å²) >= 11 is 3.58. The van der Waals surface area contributed by atoms with Gasteiger partial charge in [0.15, 0.2) is 0 Å². The zero-order valence-corrected chi connectivity index (χ0v) is 14.5. The topological polar surface area (TPSA) is 47.6 Å². The average molecular weight is 356 g/mol. The van der Waals surface area contributed by atoms with Crippen molar-refractivity contribution in [2.75, 3.05) is 20.2 Å². The van der Waals surface area contributed by atoms with Crippen molar-refractivity contribution in [3.8, 4) is 5.75 Å². The second kappa shape index (κ2) is 6.36. The molecule has 21 heavy (non-hydrogen) atoms. The van der Waals surface area contributed by atoms with Crippen LogP contribution in [0.25, 0.3) is 0 Å². The lowest BCUT2D eigenvalue weighted by Gasteiger charge is -2.25. The van der Waals surface area contributed by atoms with Gasteiger partial charge in [0, 0.05) is 23.5 Å². The summed E-state index contributed by atoms with van der Waals surface area (Å²) in [6.07, 6.45) is 0. The van der Waals surface area contributed by atoms with Crippen molar-refractivity contribution < 1.29 is 14.3 Å². The minimum Gasteiger partial charge on any atom is -0.497 e. The van der Waals surface area contributed by atoms with Crippen LogP contribution in [0, 0.1) is 5.92 Å². The third-order valence-electron chi connectivity index (χ3n) is 3.53. The summed E-state index contributed by atoms with van der Waals surface area (Å²) in [5, 5.41) is 3.29. The van der Waals surface area contributed by atoms with Crippen LogP contribution in [0.15, 0.2) is 22.7 Å². The highest BCUT2D eigenvalue weighted by Gasteiger charge is 2.37. The van der Waals surface area contributed by atoms with E-state index in [2.05, 4.69) is 21.2 Å². The Morgan fingerprint density at radius 2 is 2.05 bits per heavy atom. The maximum absolute atomic E-state index is 12.4. The number of esters is 1. The number of ether oxygens (including phenoxy) is 2. The lowest BCUT2D eigenvalue weighted by molar-refractivity contribution is -0.159. The first kappa shape index (κ1) is 16.3. The summed E-state index contributed by atoms with van der Waals surface area (Å²) in [6, 6.07) is 5.86. The van der Waals surface area contributed by atoms with Gasteiger partial charge in [0.1, 0.15) is 11.4 Å². The second-order valence-electron chi connectivity index (χ2n) is 6.29. The molecule has 0 radical (unpaired) electrons. The van der Waals surface area contributed by atoms with E-state index in [1.54, 1.807) is 7.11 Å². The van der Waals surface area contributed by atoms with Gasteiger partial charge in [0.05, 0.1) is 13.0 Å². The Balaban J connectivity index is 2.20. The summed E-state index contributed by atoms with van der Waals surface area (Å²) in [6.45, 7) is 7.11. The molecule has 0 spiro atoms. The van der Waals surface area contributed by atoms with Crippen LogP contribution >= 0.6 is 15.9 Å². The Hall–Kier alpha value is -1.07. The quantitative estimate of drug-likeness (QED) is 0.846. The third kappa shape index (κ3) is 3.98. The molecule has 0 bridgehead atoms. The van der Waals surface area contributed by atoms with Gasteiger partial charge in [-0.1, -0.05) is 22.0 Å². The Kier molecular flexibility index (Phi) is 4.94. The van der Waals surface area contributed by atoms with Crippen LogP contribution in [0.1, 0.15) is 32.3 Å². The number of nitrogens with one attached hydrogen (secondary N) is 1. The van der Waals surface area contributed by atoms with E-state index < -0.39 is 5.60 Å². The van der Waals surface area contributed by atoms with Gasteiger partial charge in [-0.25, -0.2) is 0 Å². The van der Waals surface area contributed by atoms with Crippen LogP contribution in [-0.2, 0) is 9.53 Å². The van der Waals surface area contributed by atoms with Crippen molar-refractivity contribution in [2.24, 2.45) is 5.92 Å². The van der Waals surface area contributed by atoms with Crippen molar-refractivity contribution in [1.82, 2.24) is 5.32 Å². The molecular weight excluding hydrogens is 334 g/mol. The monoisotopic (exact) mass is 355 g/mol. The Morgan fingerprint density at radius 1 is 1.33 bits per heavy atom. The van der Waals surface area contributed by atoms with Crippen molar-refractivity contribution in [2.45, 2.75) is 32.3 Å². The number of carbonyl (C=O) groups is 1. The highest BCUT2D eigenvalue weighted by molar-refractivity contribution is 9.10. The normalized spacial score (nSPS) is 22.1. The molecular formula is C16H22BrNO3. The zero-order valence-electron chi connectivity index (χ0n) is 12.9. The molecule has 0 saturated carbocycles. The molecule has 116 valence electrons. The molecule has 1 aromatic rings. The van der Waals surface area contributed by atoms with Crippen molar-refractivity contribution in [1.29, 1.82) is 0 Å². The number of rotatable bonds is 3. The van der Waals surface area contributed by atoms with Gasteiger partial charge in [-0.15, -0.1) is 0 Å². The lowest BCUT2D eigenvalue weighted by atomic mass is 9.89. The summed E-state index contributed by atoms with van der Waals surface area (Å²) < 4.78 is 11.7. The molecule has 1 aliphatic rings. The number of methoxy groups -OCH3 is 1. The fraction of sp³-hybridized carbons (Fsp3) is 0.562. The smallest absolute Gasteiger partial charge is 0.311 e. The van der Waals surface area contributed by atoms with Crippen molar-refractivity contribution >= 4 is 21.9 Å². The van der Waals surface area contributed by atoms with Crippen LogP contribution in [0.3, 0.4) is 0 Å². The first-order chi connectivity index (χ1) is 9.81. The molecule has 1 aliphatic heterocycles. The molecule has 4 nitrogen and oxygen atoms in total. The molecule has 5 heteroatoms. The van der Waals surface area contributed by atoms with Gasteiger partial charge in [-0.2, -0.15) is 0 Å². The second-order valence-corrected chi connectivity index (χ2v) is 7.15. The molecule has 2 rings (SSSR count). The number of carbonyl (C=O) groups excluding carboxylic acids is 1. The highest BCUT2D eigenvalue weighted by Crippen LogP contribution is 2.36. The standard InChI is InChI=1S/C16H22BrNO3/c1-16(2,3)21-15(19)13-9-18-8-12(13)11-6-5-10(20-4)7-14(11)17/h5-7,12-13,18H,8-9H2,1-4H3. The third-order valence-corrected chi connectivity index (χ3v) is 4.22. The van der Waals surface area contributed by atoms with Crippen LogP contribution < -0.4 is 10.1 Å². The molecule has 1 N–H and O–H groups in total. The molecule has 2 unspecified atom stereocenters. The highest BCUT2D eigenvalue weighted by atomic mass is 79.9. The summed E-state index contributed by atoms with van der Waals surface area (Å²) in [7, 11) is 1.64. The molecule has 0 aromatic heterocycles. The minimum atomic E-state index is -0.457. The van der Waals surface area contributed by atoms with E-state index in [1.165, 1.54) is 0 Å². The Morgan fingerprint density at radius 3 is 2.62 bits per heavy atom. The van der Waals surface area contributed by atoms with E-state index >= 15 is 0 Å². The number of hydrogen-bond donors (Lipinski definition) is 1. The van der Waals surface area contributed by atoms with E-state index in [9.17, 15) is 4.79 Å². The van der Waals surface area contributed by atoms with Gasteiger partial charge in [0.25, 0.3) is 0 Å². The summed E-state index contributed by atoms with van der Waals surface area (Å²) in [5.74, 6) is 0.611. The Labute approximate surface area is 134 Å². The van der Waals surface area contributed by atoms with Crippen LogP contribution in [0.5, 0.6) is 5.75 Å². The number of hydrogen-bond acceptors (Lipinski definition) is 4. The van der Waals surface area contributed by atoms with Crippen molar-refractivity contribution in [3.05, 3.63) is 28.2 Å². The predicted molar refractivity (Wildman–Crippen MR) is 85.6 cm³/mol. The summed E-state index contributed by atoms with van der Waals surface area (Å²) in [4.78, 5) is 12.4. The van der Waals surface area contributed by atoms with Gasteiger partial charge in [0.2, 0.25) is 0 Å². The SMILES string of the molecule is COc1ccc(C2CNCC2C(=O)OC(C)(C)C)c(Br)c1. The van der Waals surface area contributed by atoms with Crippen LogP contribution in [0.4, 0.5) is 0 Å². The Bertz CT molecular complexity index is 525. The van der Waals surface area contributed by atoms with Gasteiger partial charge in [-0.3, -0.25) is 4.79 Å². The maximum Gasteiger partial charge on any atom is 0.311 e. The van der Waals surface area contributed by atoms with Gasteiger partial charge < -0.3 is 14.8 Å².